The van der Waals surface area contributed by atoms with Crippen molar-refractivity contribution in [1.82, 2.24) is 15.1 Å². The molecule has 3 aromatic heterocycles. The molecular formula is C23H24FN3O5. The number of ether oxygens (including phenoxy) is 4. The summed E-state index contributed by atoms with van der Waals surface area (Å²) in [4.78, 5) is 8.52. The molecule has 0 amide bonds. The van der Waals surface area contributed by atoms with Gasteiger partial charge >= 0.3 is 0 Å². The Morgan fingerprint density at radius 2 is 1.88 bits per heavy atom. The van der Waals surface area contributed by atoms with Gasteiger partial charge in [0.1, 0.15) is 17.9 Å². The van der Waals surface area contributed by atoms with E-state index in [1.54, 1.807) is 42.7 Å². The Morgan fingerprint density at radius 3 is 2.59 bits per heavy atom. The molecule has 2 fully saturated rings. The summed E-state index contributed by atoms with van der Waals surface area (Å²) in [6, 6.07) is 8.60. The van der Waals surface area contributed by atoms with Crippen LogP contribution in [0.25, 0.3) is 11.3 Å². The summed E-state index contributed by atoms with van der Waals surface area (Å²) < 4.78 is 42.3. The Morgan fingerprint density at radius 1 is 1.03 bits per heavy atom. The Labute approximate surface area is 184 Å². The van der Waals surface area contributed by atoms with Crippen LogP contribution in [-0.2, 0) is 10.4 Å². The van der Waals surface area contributed by atoms with Gasteiger partial charge in [0.25, 0.3) is 5.88 Å². The highest BCUT2D eigenvalue weighted by atomic mass is 19.1. The summed E-state index contributed by atoms with van der Waals surface area (Å²) in [7, 11) is 1.53. The minimum absolute atomic E-state index is 0.0861. The molecule has 8 nitrogen and oxygen atoms in total. The minimum Gasteiger partial charge on any atom is -0.474 e. The molecule has 2 aliphatic carbocycles. The van der Waals surface area contributed by atoms with Crippen molar-refractivity contribution in [1.29, 1.82) is 0 Å². The van der Waals surface area contributed by atoms with Crippen LogP contribution in [0.15, 0.2) is 47.2 Å². The number of halogens is 1. The standard InChI is InChI=1S/C23H24FN3O5/c1-28-14-29-22-10-19(32-27-22)15-5-6-20(26-13-15)31-18-11-23(24,12-18)16-7-8-25-21(9-16)30-17-3-2-4-17/h5-10,13,17-18H,2-4,11-12,14H2,1H3/t18-,23-. The maximum atomic E-state index is 15.4. The molecule has 3 heterocycles. The lowest BCUT2D eigenvalue weighted by molar-refractivity contribution is -0.0488. The van der Waals surface area contributed by atoms with Gasteiger partial charge in [0.05, 0.1) is 0 Å². The highest BCUT2D eigenvalue weighted by Crippen LogP contribution is 2.47. The summed E-state index contributed by atoms with van der Waals surface area (Å²) in [6.07, 6.45) is 6.94. The van der Waals surface area contributed by atoms with Crippen LogP contribution in [0.2, 0.25) is 0 Å². The second-order valence-corrected chi connectivity index (χ2v) is 8.13. The molecule has 168 valence electrons. The van der Waals surface area contributed by atoms with Crippen molar-refractivity contribution < 1.29 is 27.9 Å². The van der Waals surface area contributed by atoms with Crippen molar-refractivity contribution in [2.45, 2.75) is 50.0 Å². The van der Waals surface area contributed by atoms with E-state index in [4.69, 9.17) is 23.5 Å². The number of pyridine rings is 2. The number of alkyl halides is 1. The van der Waals surface area contributed by atoms with Crippen LogP contribution in [-0.4, -0.2) is 41.2 Å². The molecule has 5 rings (SSSR count). The second-order valence-electron chi connectivity index (χ2n) is 8.13. The third kappa shape index (κ3) is 4.38. The van der Waals surface area contributed by atoms with E-state index < -0.39 is 5.67 Å². The van der Waals surface area contributed by atoms with E-state index in [0.717, 1.165) is 18.4 Å². The van der Waals surface area contributed by atoms with Crippen LogP contribution in [0, 0.1) is 0 Å². The number of hydrogen-bond donors (Lipinski definition) is 0. The van der Waals surface area contributed by atoms with Gasteiger partial charge in [-0.1, -0.05) is 0 Å². The Kier molecular flexibility index (Phi) is 5.65. The molecule has 0 atom stereocenters. The smallest absolute Gasteiger partial charge is 0.256 e. The summed E-state index contributed by atoms with van der Waals surface area (Å²) >= 11 is 0. The Bertz CT molecular complexity index is 1050. The van der Waals surface area contributed by atoms with Crippen molar-refractivity contribution >= 4 is 0 Å². The summed E-state index contributed by atoms with van der Waals surface area (Å²) in [5.74, 6) is 1.77. The summed E-state index contributed by atoms with van der Waals surface area (Å²) in [5.41, 5.74) is -0.132. The lowest BCUT2D eigenvalue weighted by Gasteiger charge is -2.41. The minimum atomic E-state index is -1.44. The average Bonchev–Trinajstić information content (AvgIpc) is 3.23. The monoisotopic (exact) mass is 441 g/mol. The van der Waals surface area contributed by atoms with E-state index >= 15 is 4.39 Å². The SMILES string of the molecule is COCOc1cc(-c2ccc(O[C@H]3C[C@@](F)(c4ccnc(OC5CCC5)c4)C3)nc2)on1. The third-order valence-corrected chi connectivity index (χ3v) is 5.82. The first kappa shape index (κ1) is 20.7. The van der Waals surface area contributed by atoms with E-state index in [2.05, 4.69) is 15.1 Å². The number of methoxy groups -OCH3 is 1. The van der Waals surface area contributed by atoms with Gasteiger partial charge in [-0.25, -0.2) is 14.4 Å². The highest BCUT2D eigenvalue weighted by Gasteiger charge is 2.48. The van der Waals surface area contributed by atoms with Crippen molar-refractivity contribution in [2.75, 3.05) is 13.9 Å². The highest BCUT2D eigenvalue weighted by molar-refractivity contribution is 5.57. The van der Waals surface area contributed by atoms with Crippen LogP contribution in [0.3, 0.4) is 0 Å². The zero-order chi connectivity index (χ0) is 22.0. The molecular weight excluding hydrogens is 417 g/mol. The molecule has 3 aromatic rings. The molecule has 0 N–H and O–H groups in total. The van der Waals surface area contributed by atoms with Gasteiger partial charge in [-0.15, -0.1) is 0 Å². The Hall–Kier alpha value is -3.20. The predicted octanol–water partition coefficient (Wildman–Crippen LogP) is 4.45. The number of rotatable bonds is 9. The number of hydrogen-bond acceptors (Lipinski definition) is 8. The fourth-order valence-corrected chi connectivity index (χ4v) is 3.74. The first-order valence-electron chi connectivity index (χ1n) is 10.6. The summed E-state index contributed by atoms with van der Waals surface area (Å²) in [6.45, 7) is 0.0861. The maximum absolute atomic E-state index is 15.4. The molecule has 0 aliphatic heterocycles. The van der Waals surface area contributed by atoms with Crippen LogP contribution >= 0.6 is 0 Å². The molecule has 2 aliphatic rings. The fourth-order valence-electron chi connectivity index (χ4n) is 3.74. The first-order valence-corrected chi connectivity index (χ1v) is 10.6. The second kappa shape index (κ2) is 8.74. The molecule has 9 heteroatoms. The van der Waals surface area contributed by atoms with E-state index in [9.17, 15) is 0 Å². The van der Waals surface area contributed by atoms with Gasteiger partial charge in [0.2, 0.25) is 11.8 Å². The van der Waals surface area contributed by atoms with Crippen LogP contribution in [0.5, 0.6) is 17.6 Å². The van der Waals surface area contributed by atoms with Crippen molar-refractivity contribution in [3.63, 3.8) is 0 Å². The molecule has 0 aromatic carbocycles. The van der Waals surface area contributed by atoms with Gasteiger partial charge in [-0.2, -0.15) is 0 Å². The molecule has 32 heavy (non-hydrogen) atoms. The normalized spacial score (nSPS) is 22.6. The van der Waals surface area contributed by atoms with E-state index in [0.29, 0.717) is 29.0 Å². The molecule has 0 saturated heterocycles. The van der Waals surface area contributed by atoms with Crippen LogP contribution in [0.4, 0.5) is 4.39 Å². The largest absolute Gasteiger partial charge is 0.474 e. The van der Waals surface area contributed by atoms with Crippen LogP contribution in [0.1, 0.15) is 37.7 Å². The zero-order valence-electron chi connectivity index (χ0n) is 17.7. The molecule has 0 bridgehead atoms. The van der Waals surface area contributed by atoms with Gasteiger partial charge in [-0.3, -0.25) is 0 Å². The molecule has 0 spiro atoms. The van der Waals surface area contributed by atoms with Gasteiger partial charge < -0.3 is 23.5 Å². The van der Waals surface area contributed by atoms with Gasteiger partial charge in [-0.05, 0) is 42.1 Å². The molecule has 0 radical (unpaired) electrons. The lowest BCUT2D eigenvalue weighted by atomic mass is 9.74. The molecule has 2 saturated carbocycles. The quantitative estimate of drug-likeness (QED) is 0.450. The van der Waals surface area contributed by atoms with E-state index in [1.807, 2.05) is 0 Å². The summed E-state index contributed by atoms with van der Waals surface area (Å²) in [5, 5.41) is 3.81. The van der Waals surface area contributed by atoms with E-state index in [-0.39, 0.29) is 31.8 Å². The number of aromatic nitrogens is 3. The van der Waals surface area contributed by atoms with Crippen molar-refractivity contribution in [3.05, 3.63) is 48.3 Å². The zero-order valence-corrected chi connectivity index (χ0v) is 17.7. The first-order chi connectivity index (χ1) is 15.6. The van der Waals surface area contributed by atoms with Crippen molar-refractivity contribution in [3.8, 4) is 29.0 Å². The average molecular weight is 441 g/mol. The van der Waals surface area contributed by atoms with Gasteiger partial charge in [0, 0.05) is 56.1 Å². The fraction of sp³-hybridized carbons (Fsp3) is 0.435. The number of nitrogens with zero attached hydrogens (tertiary/aromatic N) is 3. The Balaban J connectivity index is 1.16. The molecule has 0 unspecified atom stereocenters. The van der Waals surface area contributed by atoms with Crippen molar-refractivity contribution in [2.24, 2.45) is 0 Å². The predicted molar refractivity (Wildman–Crippen MR) is 111 cm³/mol. The third-order valence-electron chi connectivity index (χ3n) is 5.82. The van der Waals surface area contributed by atoms with Gasteiger partial charge in [0.15, 0.2) is 12.6 Å². The lowest BCUT2D eigenvalue weighted by Crippen LogP contribution is -2.44. The van der Waals surface area contributed by atoms with Crippen LogP contribution < -0.4 is 14.2 Å². The topological polar surface area (TPSA) is 88.7 Å². The maximum Gasteiger partial charge on any atom is 0.256 e. The van der Waals surface area contributed by atoms with E-state index in [1.165, 1.54) is 13.5 Å².